The second-order valence-corrected chi connectivity index (χ2v) is 7.15. The second kappa shape index (κ2) is 8.00. The Hall–Kier alpha value is -1.58. The molecule has 0 heterocycles. The third-order valence-electron chi connectivity index (χ3n) is 4.59. The molecule has 2 aromatic carbocycles. The Balaban J connectivity index is 1.67. The average Bonchev–Trinajstić information content (AvgIpc) is 2.61. The minimum Gasteiger partial charge on any atom is -0.356 e. The van der Waals surface area contributed by atoms with Crippen molar-refractivity contribution >= 4 is 34.6 Å². The summed E-state index contributed by atoms with van der Waals surface area (Å²) in [6.07, 6.45) is 6.03. The highest BCUT2D eigenvalue weighted by Gasteiger charge is 2.15. The van der Waals surface area contributed by atoms with Gasteiger partial charge in [-0.05, 0) is 85.3 Å². The van der Waals surface area contributed by atoms with Crippen molar-refractivity contribution in [2.24, 2.45) is 0 Å². The van der Waals surface area contributed by atoms with Gasteiger partial charge in [0.1, 0.15) is 0 Å². The van der Waals surface area contributed by atoms with Crippen molar-refractivity contribution in [2.45, 2.75) is 45.1 Å². The summed E-state index contributed by atoms with van der Waals surface area (Å²) in [4.78, 5) is 0. The number of anilines is 1. The lowest BCUT2D eigenvalue weighted by Gasteiger charge is -2.23. The lowest BCUT2D eigenvalue weighted by Crippen LogP contribution is -2.32. The Morgan fingerprint density at radius 1 is 1.08 bits per heavy atom. The minimum absolute atomic E-state index is 0.226. The first kappa shape index (κ1) is 17.2. The van der Waals surface area contributed by atoms with E-state index in [1.54, 1.807) is 0 Å². The molecule has 0 saturated heterocycles. The molecular weight excluding hydrogens is 336 g/mol. The molecule has 1 atom stereocenters. The standard InChI is InChI=1S/C20H23ClN2S/c1-2-19(16-8-7-14-5-3-4-6-15(14)13-16)23-20(24)22-18-11-9-17(21)10-12-18/h7-13,19H,2-6H2,1H3,(H2,22,23,24)/t19-/m0/s1. The molecule has 0 amide bonds. The topological polar surface area (TPSA) is 24.1 Å². The fraction of sp³-hybridized carbons (Fsp3) is 0.350. The molecule has 0 bridgehead atoms. The van der Waals surface area contributed by atoms with Crippen LogP contribution in [-0.4, -0.2) is 5.11 Å². The fourth-order valence-electron chi connectivity index (χ4n) is 3.25. The SMILES string of the molecule is CC[C@H](NC(=S)Nc1ccc(Cl)cc1)c1ccc2c(c1)CCCC2. The van der Waals surface area contributed by atoms with Gasteiger partial charge in [0.25, 0.3) is 0 Å². The Bertz CT molecular complexity index is 712. The Morgan fingerprint density at radius 2 is 1.79 bits per heavy atom. The van der Waals surface area contributed by atoms with Gasteiger partial charge >= 0.3 is 0 Å². The normalized spacial score (nSPS) is 14.6. The molecule has 0 radical (unpaired) electrons. The quantitative estimate of drug-likeness (QED) is 0.690. The van der Waals surface area contributed by atoms with Gasteiger partial charge in [-0.2, -0.15) is 0 Å². The van der Waals surface area contributed by atoms with Gasteiger partial charge in [0.15, 0.2) is 5.11 Å². The van der Waals surface area contributed by atoms with Crippen LogP contribution in [0.2, 0.25) is 5.02 Å². The van der Waals surface area contributed by atoms with E-state index >= 15 is 0 Å². The van der Waals surface area contributed by atoms with Crippen molar-refractivity contribution in [3.8, 4) is 0 Å². The molecule has 1 aliphatic carbocycles. The minimum atomic E-state index is 0.226. The van der Waals surface area contributed by atoms with Crippen molar-refractivity contribution in [3.05, 3.63) is 64.2 Å². The molecule has 0 aliphatic heterocycles. The Morgan fingerprint density at radius 3 is 2.50 bits per heavy atom. The lowest BCUT2D eigenvalue weighted by molar-refractivity contribution is 0.623. The predicted octanol–water partition coefficient (Wildman–Crippen LogP) is 5.66. The van der Waals surface area contributed by atoms with Gasteiger partial charge in [-0.25, -0.2) is 0 Å². The Labute approximate surface area is 154 Å². The van der Waals surface area contributed by atoms with Crippen molar-refractivity contribution in [1.82, 2.24) is 5.32 Å². The number of hydrogen-bond acceptors (Lipinski definition) is 1. The van der Waals surface area contributed by atoms with Crippen LogP contribution in [0.4, 0.5) is 5.69 Å². The maximum atomic E-state index is 5.92. The number of rotatable bonds is 4. The van der Waals surface area contributed by atoms with Crippen LogP contribution in [0, 0.1) is 0 Å². The van der Waals surface area contributed by atoms with E-state index in [0.29, 0.717) is 5.11 Å². The molecule has 3 rings (SSSR count). The van der Waals surface area contributed by atoms with Crippen molar-refractivity contribution in [1.29, 1.82) is 0 Å². The molecule has 0 spiro atoms. The van der Waals surface area contributed by atoms with E-state index in [9.17, 15) is 0 Å². The molecule has 2 N–H and O–H groups in total. The molecule has 2 nitrogen and oxygen atoms in total. The van der Waals surface area contributed by atoms with E-state index in [1.165, 1.54) is 42.4 Å². The number of halogens is 1. The molecule has 126 valence electrons. The van der Waals surface area contributed by atoms with E-state index in [1.807, 2.05) is 24.3 Å². The molecule has 1 aliphatic rings. The van der Waals surface area contributed by atoms with Crippen LogP contribution in [0.25, 0.3) is 0 Å². The van der Waals surface area contributed by atoms with Gasteiger partial charge in [-0.15, -0.1) is 0 Å². The lowest BCUT2D eigenvalue weighted by atomic mass is 9.89. The van der Waals surface area contributed by atoms with Crippen LogP contribution in [0.3, 0.4) is 0 Å². The third kappa shape index (κ3) is 4.28. The summed E-state index contributed by atoms with van der Waals surface area (Å²) in [5.74, 6) is 0. The van der Waals surface area contributed by atoms with Gasteiger partial charge in [-0.3, -0.25) is 0 Å². The zero-order chi connectivity index (χ0) is 16.9. The fourth-order valence-corrected chi connectivity index (χ4v) is 3.64. The Kier molecular flexibility index (Phi) is 5.75. The van der Waals surface area contributed by atoms with Crippen LogP contribution in [-0.2, 0) is 12.8 Å². The highest BCUT2D eigenvalue weighted by molar-refractivity contribution is 7.80. The van der Waals surface area contributed by atoms with Crippen LogP contribution in [0.15, 0.2) is 42.5 Å². The monoisotopic (exact) mass is 358 g/mol. The predicted molar refractivity (Wildman–Crippen MR) is 107 cm³/mol. The molecule has 4 heteroatoms. The summed E-state index contributed by atoms with van der Waals surface area (Å²) in [6, 6.07) is 14.7. The zero-order valence-corrected chi connectivity index (χ0v) is 15.5. The average molecular weight is 359 g/mol. The van der Waals surface area contributed by atoms with Gasteiger partial charge in [-0.1, -0.05) is 36.7 Å². The number of nitrogens with one attached hydrogen (secondary N) is 2. The molecule has 2 aromatic rings. The number of benzene rings is 2. The van der Waals surface area contributed by atoms with Gasteiger partial charge in [0.05, 0.1) is 6.04 Å². The van der Waals surface area contributed by atoms with Crippen LogP contribution >= 0.6 is 23.8 Å². The number of fused-ring (bicyclic) bond motifs is 1. The van der Waals surface area contributed by atoms with E-state index < -0.39 is 0 Å². The highest BCUT2D eigenvalue weighted by Crippen LogP contribution is 2.26. The summed E-state index contributed by atoms with van der Waals surface area (Å²) in [5.41, 5.74) is 5.29. The van der Waals surface area contributed by atoms with Crippen LogP contribution in [0.5, 0.6) is 0 Å². The van der Waals surface area contributed by atoms with E-state index in [2.05, 4.69) is 35.8 Å². The van der Waals surface area contributed by atoms with Crippen molar-refractivity contribution < 1.29 is 0 Å². The summed E-state index contributed by atoms with van der Waals surface area (Å²) < 4.78 is 0. The van der Waals surface area contributed by atoms with Gasteiger partial charge in [0.2, 0.25) is 0 Å². The van der Waals surface area contributed by atoms with E-state index in [4.69, 9.17) is 23.8 Å². The maximum absolute atomic E-state index is 5.92. The number of aryl methyl sites for hydroxylation is 2. The second-order valence-electron chi connectivity index (χ2n) is 6.30. The summed E-state index contributed by atoms with van der Waals surface area (Å²) >= 11 is 11.4. The number of thiocarbonyl (C=S) groups is 1. The molecule has 0 fully saturated rings. The largest absolute Gasteiger partial charge is 0.356 e. The number of hydrogen-bond donors (Lipinski definition) is 2. The first-order chi connectivity index (χ1) is 11.7. The summed E-state index contributed by atoms with van der Waals surface area (Å²) in [7, 11) is 0. The van der Waals surface area contributed by atoms with Gasteiger partial charge in [0, 0.05) is 10.7 Å². The van der Waals surface area contributed by atoms with Crippen molar-refractivity contribution in [3.63, 3.8) is 0 Å². The first-order valence-electron chi connectivity index (χ1n) is 8.60. The highest BCUT2D eigenvalue weighted by atomic mass is 35.5. The first-order valence-corrected chi connectivity index (χ1v) is 9.39. The third-order valence-corrected chi connectivity index (χ3v) is 5.06. The molecule has 0 aromatic heterocycles. The summed E-state index contributed by atoms with van der Waals surface area (Å²) in [5, 5.41) is 8.03. The van der Waals surface area contributed by atoms with Crippen molar-refractivity contribution in [2.75, 3.05) is 5.32 Å². The maximum Gasteiger partial charge on any atom is 0.171 e. The molecule has 24 heavy (non-hydrogen) atoms. The molecule has 0 saturated carbocycles. The van der Waals surface area contributed by atoms with Crippen LogP contribution < -0.4 is 10.6 Å². The molecular formula is C20H23ClN2S. The van der Waals surface area contributed by atoms with E-state index in [-0.39, 0.29) is 6.04 Å². The summed E-state index contributed by atoms with van der Waals surface area (Å²) in [6.45, 7) is 2.18. The van der Waals surface area contributed by atoms with Gasteiger partial charge < -0.3 is 10.6 Å². The smallest absolute Gasteiger partial charge is 0.171 e. The van der Waals surface area contributed by atoms with Crippen LogP contribution in [0.1, 0.15) is 48.9 Å². The zero-order valence-electron chi connectivity index (χ0n) is 13.9. The molecule has 0 unspecified atom stereocenters. The van der Waals surface area contributed by atoms with E-state index in [0.717, 1.165) is 17.1 Å².